The van der Waals surface area contributed by atoms with Crippen LogP contribution >= 0.6 is 11.8 Å². The first kappa shape index (κ1) is 11.8. The van der Waals surface area contributed by atoms with Crippen LogP contribution in [0.1, 0.15) is 10.8 Å². The van der Waals surface area contributed by atoms with Crippen LogP contribution in [0.5, 0.6) is 11.5 Å². The number of thioether (sulfide) groups is 1. The van der Waals surface area contributed by atoms with Gasteiger partial charge < -0.3 is 14.8 Å². The van der Waals surface area contributed by atoms with E-state index in [2.05, 4.69) is 5.32 Å². The molecule has 17 heavy (non-hydrogen) atoms. The first-order chi connectivity index (χ1) is 8.15. The summed E-state index contributed by atoms with van der Waals surface area (Å²) in [6, 6.07) is 5.28. The van der Waals surface area contributed by atoms with E-state index in [0.717, 1.165) is 17.3 Å². The van der Waals surface area contributed by atoms with Gasteiger partial charge >= 0.3 is 0 Å². The number of carbonyl (C=O) groups excluding carboxylic acids is 1. The first-order valence-corrected chi connectivity index (χ1v) is 5.81. The van der Waals surface area contributed by atoms with Gasteiger partial charge in [-0.3, -0.25) is 10.2 Å². The predicted molar refractivity (Wildman–Crippen MR) is 65.7 cm³/mol. The van der Waals surface area contributed by atoms with Crippen LogP contribution in [0.4, 0.5) is 0 Å². The van der Waals surface area contributed by atoms with E-state index in [0.29, 0.717) is 11.5 Å². The van der Waals surface area contributed by atoms with Crippen LogP contribution in [0.3, 0.4) is 0 Å². The zero-order chi connectivity index (χ0) is 12.4. The molecule has 1 amide bonds. The lowest BCUT2D eigenvalue weighted by atomic mass is 10.1. The molecular formula is C11H12N2O3S. The average Bonchev–Trinajstić information content (AvgIpc) is 2.67. The Kier molecular flexibility index (Phi) is 3.23. The van der Waals surface area contributed by atoms with Crippen molar-refractivity contribution in [1.82, 2.24) is 5.32 Å². The second-order valence-electron chi connectivity index (χ2n) is 3.42. The third-order valence-electron chi connectivity index (χ3n) is 2.43. The summed E-state index contributed by atoms with van der Waals surface area (Å²) in [6.07, 6.45) is 0. The molecule has 0 bridgehead atoms. The molecule has 0 aliphatic carbocycles. The minimum Gasteiger partial charge on any atom is -0.497 e. The summed E-state index contributed by atoms with van der Waals surface area (Å²) in [4.78, 5) is 11.7. The number of ether oxygens (including phenoxy) is 2. The Morgan fingerprint density at radius 1 is 1.35 bits per heavy atom. The van der Waals surface area contributed by atoms with E-state index in [1.54, 1.807) is 32.4 Å². The highest BCUT2D eigenvalue weighted by molar-refractivity contribution is 8.15. The van der Waals surface area contributed by atoms with Gasteiger partial charge in [-0.25, -0.2) is 0 Å². The Hall–Kier alpha value is -1.69. The van der Waals surface area contributed by atoms with Gasteiger partial charge in [-0.1, -0.05) is 11.8 Å². The monoisotopic (exact) mass is 252 g/mol. The van der Waals surface area contributed by atoms with Crippen LogP contribution in [0.2, 0.25) is 0 Å². The van der Waals surface area contributed by atoms with Gasteiger partial charge in [0.25, 0.3) is 0 Å². The van der Waals surface area contributed by atoms with E-state index >= 15 is 0 Å². The normalized spacial score (nSPS) is 19.1. The molecule has 0 radical (unpaired) electrons. The van der Waals surface area contributed by atoms with Crippen LogP contribution in [0.15, 0.2) is 18.2 Å². The van der Waals surface area contributed by atoms with Crippen LogP contribution in [0.25, 0.3) is 0 Å². The lowest BCUT2D eigenvalue weighted by Gasteiger charge is -2.12. The summed E-state index contributed by atoms with van der Waals surface area (Å²) < 4.78 is 10.3. The van der Waals surface area contributed by atoms with Gasteiger partial charge in [-0.05, 0) is 18.2 Å². The van der Waals surface area contributed by atoms with Gasteiger partial charge in [0, 0.05) is 5.56 Å². The number of amidine groups is 1. The van der Waals surface area contributed by atoms with E-state index in [1.165, 1.54) is 0 Å². The van der Waals surface area contributed by atoms with Crippen molar-refractivity contribution in [1.29, 1.82) is 5.41 Å². The molecular weight excluding hydrogens is 240 g/mol. The molecule has 1 aromatic rings. The van der Waals surface area contributed by atoms with Crippen LogP contribution in [0, 0.1) is 5.41 Å². The smallest absolute Gasteiger partial charge is 0.244 e. The van der Waals surface area contributed by atoms with Crippen molar-refractivity contribution in [2.75, 3.05) is 14.2 Å². The topological polar surface area (TPSA) is 71.4 Å². The summed E-state index contributed by atoms with van der Waals surface area (Å²) in [7, 11) is 3.11. The van der Waals surface area contributed by atoms with Crippen molar-refractivity contribution in [3.63, 3.8) is 0 Å². The van der Waals surface area contributed by atoms with E-state index in [4.69, 9.17) is 14.9 Å². The molecule has 6 heteroatoms. The summed E-state index contributed by atoms with van der Waals surface area (Å²) in [6.45, 7) is 0. The number of methoxy groups -OCH3 is 2. The molecule has 1 fully saturated rings. The summed E-state index contributed by atoms with van der Waals surface area (Å²) in [5.41, 5.74) is 0.719. The Morgan fingerprint density at radius 2 is 2.12 bits per heavy atom. The standard InChI is InChI=1S/C11H12N2O3S/c1-15-6-3-4-8(16-2)7(5-6)9-10(14)13-11(12)17-9/h3-5,9H,1-2H3,(H2,12,13,14). The predicted octanol–water partition coefficient (Wildman–Crippen LogP) is 1.54. The van der Waals surface area contributed by atoms with E-state index in [1.807, 2.05) is 0 Å². The molecule has 1 aromatic carbocycles. The Balaban J connectivity index is 2.42. The fourth-order valence-corrected chi connectivity index (χ4v) is 2.50. The van der Waals surface area contributed by atoms with E-state index in [-0.39, 0.29) is 11.1 Å². The molecule has 1 heterocycles. The Labute approximate surface area is 103 Å². The number of amides is 1. The number of benzene rings is 1. The highest BCUT2D eigenvalue weighted by Gasteiger charge is 2.33. The minimum absolute atomic E-state index is 0.157. The van der Waals surface area contributed by atoms with Crippen molar-refractivity contribution in [2.45, 2.75) is 5.25 Å². The third kappa shape index (κ3) is 2.21. The van der Waals surface area contributed by atoms with Crippen molar-refractivity contribution in [3.05, 3.63) is 23.8 Å². The number of rotatable bonds is 3. The quantitative estimate of drug-likeness (QED) is 0.856. The van der Waals surface area contributed by atoms with E-state index in [9.17, 15) is 4.79 Å². The van der Waals surface area contributed by atoms with Gasteiger partial charge in [0.2, 0.25) is 5.91 Å². The molecule has 1 atom stereocenters. The summed E-state index contributed by atoms with van der Waals surface area (Å²) >= 11 is 1.16. The first-order valence-electron chi connectivity index (χ1n) is 4.93. The molecule has 0 spiro atoms. The molecule has 5 nitrogen and oxygen atoms in total. The van der Waals surface area contributed by atoms with Gasteiger partial charge in [0.1, 0.15) is 16.7 Å². The van der Waals surface area contributed by atoms with Crippen LogP contribution < -0.4 is 14.8 Å². The lowest BCUT2D eigenvalue weighted by Crippen LogP contribution is -2.21. The van der Waals surface area contributed by atoms with Crippen LogP contribution in [-0.4, -0.2) is 25.3 Å². The van der Waals surface area contributed by atoms with Crippen molar-refractivity contribution in [2.24, 2.45) is 0 Å². The largest absolute Gasteiger partial charge is 0.497 e. The summed E-state index contributed by atoms with van der Waals surface area (Å²) in [5, 5.41) is 9.61. The zero-order valence-electron chi connectivity index (χ0n) is 9.44. The third-order valence-corrected chi connectivity index (χ3v) is 3.47. The number of nitrogens with one attached hydrogen (secondary N) is 2. The zero-order valence-corrected chi connectivity index (χ0v) is 10.3. The molecule has 1 unspecified atom stereocenters. The Bertz CT molecular complexity index is 476. The van der Waals surface area contributed by atoms with Crippen molar-refractivity contribution < 1.29 is 14.3 Å². The molecule has 0 saturated carbocycles. The highest BCUT2D eigenvalue weighted by atomic mass is 32.2. The maximum absolute atomic E-state index is 11.7. The molecule has 90 valence electrons. The van der Waals surface area contributed by atoms with Crippen molar-refractivity contribution in [3.8, 4) is 11.5 Å². The second-order valence-corrected chi connectivity index (χ2v) is 4.54. The molecule has 1 aliphatic heterocycles. The van der Waals surface area contributed by atoms with Crippen molar-refractivity contribution >= 4 is 22.8 Å². The fourth-order valence-electron chi connectivity index (χ4n) is 1.63. The minimum atomic E-state index is -0.451. The molecule has 0 aromatic heterocycles. The van der Waals surface area contributed by atoms with Crippen LogP contribution in [-0.2, 0) is 4.79 Å². The maximum atomic E-state index is 11.7. The fraction of sp³-hybridized carbons (Fsp3) is 0.273. The number of hydrogen-bond donors (Lipinski definition) is 2. The summed E-state index contributed by atoms with van der Waals surface area (Å²) in [5.74, 6) is 1.08. The van der Waals surface area contributed by atoms with Gasteiger partial charge in [0.15, 0.2) is 5.17 Å². The Morgan fingerprint density at radius 3 is 2.65 bits per heavy atom. The van der Waals surface area contributed by atoms with E-state index < -0.39 is 5.25 Å². The van der Waals surface area contributed by atoms with Gasteiger partial charge in [-0.2, -0.15) is 0 Å². The average molecular weight is 252 g/mol. The van der Waals surface area contributed by atoms with Gasteiger partial charge in [0.05, 0.1) is 14.2 Å². The molecule has 1 aliphatic rings. The SMILES string of the molecule is COc1ccc(OC)c(C2SC(=N)NC2=O)c1. The molecule has 1 saturated heterocycles. The molecule has 2 N–H and O–H groups in total. The number of hydrogen-bond acceptors (Lipinski definition) is 5. The maximum Gasteiger partial charge on any atom is 0.244 e. The molecule has 2 rings (SSSR count). The highest BCUT2D eigenvalue weighted by Crippen LogP contribution is 2.40. The second kappa shape index (κ2) is 4.67. The lowest BCUT2D eigenvalue weighted by molar-refractivity contribution is -0.118. The number of carbonyl (C=O) groups is 1. The van der Waals surface area contributed by atoms with Gasteiger partial charge in [-0.15, -0.1) is 0 Å².